The topological polar surface area (TPSA) is 39.1 Å². The summed E-state index contributed by atoms with van der Waals surface area (Å²) in [6, 6.07) is 13.4. The van der Waals surface area contributed by atoms with Crippen LogP contribution in [0.1, 0.15) is 45.3 Å². The normalized spacial score (nSPS) is 19.2. The highest BCUT2D eigenvalue weighted by Crippen LogP contribution is 2.37. The minimum atomic E-state index is -0.280. The van der Waals surface area contributed by atoms with E-state index < -0.39 is 0 Å². The van der Waals surface area contributed by atoms with Crippen molar-refractivity contribution in [1.29, 1.82) is 0 Å². The van der Waals surface area contributed by atoms with Gasteiger partial charge < -0.3 is 4.74 Å². The fraction of sp³-hybridized carbons (Fsp3) is 0.375. The maximum absolute atomic E-state index is 6.59. The summed E-state index contributed by atoms with van der Waals surface area (Å²) in [5, 5.41) is 5.44. The van der Waals surface area contributed by atoms with E-state index >= 15 is 0 Å². The molecular formula is C24H26Cl3N3O. The summed E-state index contributed by atoms with van der Waals surface area (Å²) in [5.74, 6) is 0.750. The molecule has 164 valence electrons. The van der Waals surface area contributed by atoms with Crippen molar-refractivity contribution >= 4 is 34.8 Å². The molecule has 2 atom stereocenters. The van der Waals surface area contributed by atoms with Gasteiger partial charge in [-0.05, 0) is 54.3 Å². The first kappa shape index (κ1) is 22.6. The molecule has 0 amide bonds. The highest BCUT2D eigenvalue weighted by atomic mass is 35.5. The number of benzene rings is 2. The van der Waals surface area contributed by atoms with Gasteiger partial charge in [0.05, 0.1) is 17.3 Å². The Hall–Kier alpha value is -1.56. The first-order chi connectivity index (χ1) is 14.7. The van der Waals surface area contributed by atoms with Crippen LogP contribution in [-0.2, 0) is 11.2 Å². The SMILES string of the molecule is CCc1c(C2NC(C(C)(C)C)CO2)nc(-c2ccc(Cl)cc2Cl)n1-c1ccc(Cl)cc1. The predicted molar refractivity (Wildman–Crippen MR) is 128 cm³/mol. The molecule has 2 unspecified atom stereocenters. The van der Waals surface area contributed by atoms with E-state index in [-0.39, 0.29) is 17.7 Å². The Morgan fingerprint density at radius 1 is 1.06 bits per heavy atom. The van der Waals surface area contributed by atoms with Gasteiger partial charge in [0.25, 0.3) is 0 Å². The maximum atomic E-state index is 6.59. The monoisotopic (exact) mass is 477 g/mol. The molecule has 2 aromatic carbocycles. The number of imidazole rings is 1. The van der Waals surface area contributed by atoms with Crippen molar-refractivity contribution in [3.05, 3.63) is 68.9 Å². The second-order valence-electron chi connectivity index (χ2n) is 8.86. The standard InChI is InChI=1S/C24H26Cl3N3O/c1-5-19-21(23-28-20(13-31-23)24(2,3)4)29-22(17-11-8-15(26)12-18(17)27)30(19)16-9-6-14(25)7-10-16/h6-12,20,23,28H,5,13H2,1-4H3. The summed E-state index contributed by atoms with van der Waals surface area (Å²) >= 11 is 18.9. The number of halogens is 3. The van der Waals surface area contributed by atoms with E-state index in [1.54, 1.807) is 6.07 Å². The van der Waals surface area contributed by atoms with Crippen LogP contribution in [0, 0.1) is 5.41 Å². The molecule has 0 aliphatic carbocycles. The average molecular weight is 479 g/mol. The minimum Gasteiger partial charge on any atom is -0.356 e. The van der Waals surface area contributed by atoms with Crippen molar-refractivity contribution in [2.24, 2.45) is 5.41 Å². The Balaban J connectivity index is 1.88. The van der Waals surface area contributed by atoms with Gasteiger partial charge in [0, 0.05) is 27.3 Å². The summed E-state index contributed by atoms with van der Waals surface area (Å²) in [5.41, 5.74) is 3.81. The first-order valence-corrected chi connectivity index (χ1v) is 11.5. The number of nitrogens with zero attached hydrogens (tertiary/aromatic N) is 2. The largest absolute Gasteiger partial charge is 0.356 e. The van der Waals surface area contributed by atoms with Crippen LogP contribution >= 0.6 is 34.8 Å². The number of hydrogen-bond acceptors (Lipinski definition) is 3. The highest BCUT2D eigenvalue weighted by Gasteiger charge is 2.37. The molecule has 0 radical (unpaired) electrons. The molecule has 4 rings (SSSR count). The molecule has 3 aromatic rings. The second kappa shape index (κ2) is 8.76. The van der Waals surface area contributed by atoms with Crippen LogP contribution in [-0.4, -0.2) is 22.2 Å². The third-order valence-electron chi connectivity index (χ3n) is 5.67. The molecule has 7 heteroatoms. The van der Waals surface area contributed by atoms with Crippen LogP contribution < -0.4 is 5.32 Å². The molecule has 1 aromatic heterocycles. The molecule has 1 aliphatic heterocycles. The Kier molecular flexibility index (Phi) is 6.39. The third-order valence-corrected chi connectivity index (χ3v) is 6.47. The van der Waals surface area contributed by atoms with E-state index in [9.17, 15) is 0 Å². The van der Waals surface area contributed by atoms with Gasteiger partial charge in [-0.1, -0.05) is 62.5 Å². The fourth-order valence-corrected chi connectivity index (χ4v) is 4.49. The Morgan fingerprint density at radius 2 is 1.74 bits per heavy atom. The highest BCUT2D eigenvalue weighted by molar-refractivity contribution is 6.36. The van der Waals surface area contributed by atoms with Gasteiger partial charge in [-0.3, -0.25) is 9.88 Å². The number of rotatable bonds is 4. The van der Waals surface area contributed by atoms with Crippen molar-refractivity contribution in [3.63, 3.8) is 0 Å². The van der Waals surface area contributed by atoms with Gasteiger partial charge in [0.2, 0.25) is 0 Å². The zero-order valence-corrected chi connectivity index (χ0v) is 20.3. The van der Waals surface area contributed by atoms with Crippen molar-refractivity contribution in [2.75, 3.05) is 6.61 Å². The van der Waals surface area contributed by atoms with E-state index in [4.69, 9.17) is 44.5 Å². The average Bonchev–Trinajstić information content (AvgIpc) is 3.33. The third kappa shape index (κ3) is 4.50. The first-order valence-electron chi connectivity index (χ1n) is 10.4. The zero-order chi connectivity index (χ0) is 22.3. The fourth-order valence-electron chi connectivity index (χ4n) is 3.87. The maximum Gasteiger partial charge on any atom is 0.153 e. The quantitative estimate of drug-likeness (QED) is 0.435. The van der Waals surface area contributed by atoms with E-state index in [2.05, 4.69) is 37.6 Å². The van der Waals surface area contributed by atoms with Crippen LogP contribution in [0.25, 0.3) is 17.1 Å². The predicted octanol–water partition coefficient (Wildman–Crippen LogP) is 7.10. The van der Waals surface area contributed by atoms with Crippen LogP contribution in [0.5, 0.6) is 0 Å². The lowest BCUT2D eigenvalue weighted by Crippen LogP contribution is -2.38. The Bertz CT molecular complexity index is 1090. The van der Waals surface area contributed by atoms with Crippen molar-refractivity contribution < 1.29 is 4.74 Å². The lowest BCUT2D eigenvalue weighted by molar-refractivity contribution is 0.0947. The molecule has 31 heavy (non-hydrogen) atoms. The van der Waals surface area contributed by atoms with Gasteiger partial charge in [-0.15, -0.1) is 0 Å². The summed E-state index contributed by atoms with van der Waals surface area (Å²) in [4.78, 5) is 5.05. The van der Waals surface area contributed by atoms with Gasteiger partial charge in [-0.2, -0.15) is 0 Å². The van der Waals surface area contributed by atoms with Crippen LogP contribution in [0.3, 0.4) is 0 Å². The van der Waals surface area contributed by atoms with E-state index in [0.717, 1.165) is 34.9 Å². The Labute approximate surface area is 198 Å². The van der Waals surface area contributed by atoms with Crippen molar-refractivity contribution in [2.45, 2.75) is 46.4 Å². The number of hydrogen-bond donors (Lipinski definition) is 1. The van der Waals surface area contributed by atoms with Crippen molar-refractivity contribution in [1.82, 2.24) is 14.9 Å². The van der Waals surface area contributed by atoms with Gasteiger partial charge in [0.1, 0.15) is 11.5 Å². The summed E-state index contributed by atoms with van der Waals surface area (Å²) in [6.07, 6.45) is 0.496. The van der Waals surface area contributed by atoms with Crippen LogP contribution in [0.4, 0.5) is 0 Å². The smallest absolute Gasteiger partial charge is 0.153 e. The van der Waals surface area contributed by atoms with E-state index in [1.165, 1.54) is 0 Å². The second-order valence-corrected chi connectivity index (χ2v) is 10.1. The molecule has 0 spiro atoms. The molecule has 2 heterocycles. The van der Waals surface area contributed by atoms with E-state index in [1.807, 2.05) is 36.4 Å². The molecule has 1 fully saturated rings. The molecule has 1 aliphatic rings. The lowest BCUT2D eigenvalue weighted by Gasteiger charge is -2.25. The molecule has 4 nitrogen and oxygen atoms in total. The van der Waals surface area contributed by atoms with Gasteiger partial charge in [0.15, 0.2) is 6.23 Å². The molecule has 0 saturated carbocycles. The molecule has 1 saturated heterocycles. The van der Waals surface area contributed by atoms with Gasteiger partial charge >= 0.3 is 0 Å². The van der Waals surface area contributed by atoms with E-state index in [0.29, 0.717) is 21.7 Å². The molecule has 0 bridgehead atoms. The van der Waals surface area contributed by atoms with Crippen LogP contribution in [0.2, 0.25) is 15.1 Å². The van der Waals surface area contributed by atoms with Crippen LogP contribution in [0.15, 0.2) is 42.5 Å². The lowest BCUT2D eigenvalue weighted by atomic mass is 9.88. The number of aromatic nitrogens is 2. The molecular weight excluding hydrogens is 453 g/mol. The van der Waals surface area contributed by atoms with Crippen molar-refractivity contribution in [3.8, 4) is 17.1 Å². The minimum absolute atomic E-state index is 0.0855. The number of nitrogens with one attached hydrogen (secondary N) is 1. The summed E-state index contributed by atoms with van der Waals surface area (Å²) < 4.78 is 8.30. The molecule has 1 N–H and O–H groups in total. The zero-order valence-electron chi connectivity index (χ0n) is 18.0. The summed E-state index contributed by atoms with van der Waals surface area (Å²) in [7, 11) is 0. The summed E-state index contributed by atoms with van der Waals surface area (Å²) in [6.45, 7) is 9.39. The number of ether oxygens (including phenoxy) is 1. The Morgan fingerprint density at radius 3 is 2.32 bits per heavy atom. The van der Waals surface area contributed by atoms with Gasteiger partial charge in [-0.25, -0.2) is 4.98 Å².